The average molecular weight is 280 g/mol. The summed E-state index contributed by atoms with van der Waals surface area (Å²) in [6.45, 7) is 6.76. The SMILES string of the molecule is CCCCOC(=O)N1C(CC/C=C/C#N)COC1(C)C. The predicted molar refractivity (Wildman–Crippen MR) is 75.9 cm³/mol. The third-order valence-corrected chi connectivity index (χ3v) is 3.35. The summed E-state index contributed by atoms with van der Waals surface area (Å²) in [5, 5.41) is 8.46. The highest BCUT2D eigenvalue weighted by molar-refractivity contribution is 5.69. The number of carbonyl (C=O) groups excluding carboxylic acids is 1. The molecule has 0 saturated carbocycles. The Morgan fingerprint density at radius 2 is 2.35 bits per heavy atom. The molecule has 5 heteroatoms. The summed E-state index contributed by atoms with van der Waals surface area (Å²) in [5.41, 5.74) is -0.632. The van der Waals surface area contributed by atoms with Gasteiger partial charge in [-0.25, -0.2) is 4.79 Å². The number of nitrogens with zero attached hydrogens (tertiary/aromatic N) is 2. The molecular weight excluding hydrogens is 256 g/mol. The van der Waals surface area contributed by atoms with Crippen LogP contribution in [0.1, 0.15) is 46.5 Å². The van der Waals surface area contributed by atoms with Crippen molar-refractivity contribution in [2.75, 3.05) is 13.2 Å². The van der Waals surface area contributed by atoms with Crippen LogP contribution in [0.15, 0.2) is 12.2 Å². The molecule has 1 amide bonds. The maximum atomic E-state index is 12.2. The third kappa shape index (κ3) is 4.53. The van der Waals surface area contributed by atoms with E-state index >= 15 is 0 Å². The van der Waals surface area contributed by atoms with E-state index in [0.29, 0.717) is 13.2 Å². The van der Waals surface area contributed by atoms with Gasteiger partial charge in [-0.1, -0.05) is 19.4 Å². The maximum Gasteiger partial charge on any atom is 0.412 e. The van der Waals surface area contributed by atoms with Crippen LogP contribution < -0.4 is 0 Å². The van der Waals surface area contributed by atoms with E-state index in [4.69, 9.17) is 14.7 Å². The zero-order chi connectivity index (χ0) is 15.0. The van der Waals surface area contributed by atoms with Crippen molar-refractivity contribution in [3.8, 4) is 6.07 Å². The molecule has 112 valence electrons. The fourth-order valence-corrected chi connectivity index (χ4v) is 2.26. The molecule has 1 saturated heterocycles. The highest BCUT2D eigenvalue weighted by Crippen LogP contribution is 2.30. The zero-order valence-corrected chi connectivity index (χ0v) is 12.6. The van der Waals surface area contributed by atoms with Gasteiger partial charge in [0.25, 0.3) is 0 Å². The van der Waals surface area contributed by atoms with Gasteiger partial charge in [0.2, 0.25) is 0 Å². The van der Waals surface area contributed by atoms with Crippen molar-refractivity contribution in [3.63, 3.8) is 0 Å². The van der Waals surface area contributed by atoms with Gasteiger partial charge in [-0.2, -0.15) is 5.26 Å². The topological polar surface area (TPSA) is 62.6 Å². The van der Waals surface area contributed by atoms with Crippen molar-refractivity contribution in [1.29, 1.82) is 5.26 Å². The lowest BCUT2D eigenvalue weighted by atomic mass is 10.1. The van der Waals surface area contributed by atoms with Crippen molar-refractivity contribution >= 4 is 6.09 Å². The number of ether oxygens (including phenoxy) is 2. The Balaban J connectivity index is 2.58. The van der Waals surface area contributed by atoms with Crippen molar-refractivity contribution < 1.29 is 14.3 Å². The molecule has 1 heterocycles. The molecular formula is C15H24N2O3. The van der Waals surface area contributed by atoms with Crippen LogP contribution in [0.2, 0.25) is 0 Å². The minimum Gasteiger partial charge on any atom is -0.449 e. The van der Waals surface area contributed by atoms with Crippen LogP contribution in [0.4, 0.5) is 4.79 Å². The summed E-state index contributed by atoms with van der Waals surface area (Å²) in [6.07, 6.45) is 6.35. The number of hydrogen-bond donors (Lipinski definition) is 0. The summed E-state index contributed by atoms with van der Waals surface area (Å²) >= 11 is 0. The van der Waals surface area contributed by atoms with Crippen LogP contribution in [0.5, 0.6) is 0 Å². The minimum absolute atomic E-state index is 0.00229. The Hall–Kier alpha value is -1.54. The van der Waals surface area contributed by atoms with Crippen LogP contribution in [-0.4, -0.2) is 36.0 Å². The highest BCUT2D eigenvalue weighted by Gasteiger charge is 2.44. The number of amides is 1. The largest absolute Gasteiger partial charge is 0.449 e. The Morgan fingerprint density at radius 3 is 3.00 bits per heavy atom. The summed E-state index contributed by atoms with van der Waals surface area (Å²) in [4.78, 5) is 13.9. The van der Waals surface area contributed by atoms with E-state index in [2.05, 4.69) is 6.92 Å². The summed E-state index contributed by atoms with van der Waals surface area (Å²) in [7, 11) is 0. The molecule has 1 aliphatic heterocycles. The predicted octanol–water partition coefficient (Wildman–Crippen LogP) is 3.22. The normalized spacial score (nSPS) is 21.1. The number of unbranched alkanes of at least 4 members (excludes halogenated alkanes) is 1. The molecule has 0 bridgehead atoms. The Kier molecular flexibility index (Phi) is 6.53. The Bertz CT molecular complexity index is 385. The average Bonchev–Trinajstić information content (AvgIpc) is 2.70. The highest BCUT2D eigenvalue weighted by atomic mass is 16.6. The van der Waals surface area contributed by atoms with Gasteiger partial charge in [0.15, 0.2) is 0 Å². The standard InChI is InChI=1S/C15H24N2O3/c1-4-5-11-19-14(18)17-13(9-7-6-8-10-16)12-20-15(17,2)3/h6,8,13H,4-5,7,9,11-12H2,1-3H3/b8-6+. The second kappa shape index (κ2) is 7.91. The van der Waals surface area contributed by atoms with Crippen LogP contribution in [0.25, 0.3) is 0 Å². The van der Waals surface area contributed by atoms with Crippen molar-refractivity contribution in [2.45, 2.75) is 58.2 Å². The van der Waals surface area contributed by atoms with Gasteiger partial charge in [-0.15, -0.1) is 0 Å². The van der Waals surface area contributed by atoms with Crippen molar-refractivity contribution in [3.05, 3.63) is 12.2 Å². The molecule has 1 rings (SSSR count). The number of rotatable bonds is 6. The van der Waals surface area contributed by atoms with Gasteiger partial charge < -0.3 is 9.47 Å². The van der Waals surface area contributed by atoms with E-state index in [1.165, 1.54) is 6.08 Å². The van der Waals surface area contributed by atoms with E-state index < -0.39 is 5.72 Å². The van der Waals surface area contributed by atoms with Gasteiger partial charge in [-0.05, 0) is 33.1 Å². The molecule has 0 aromatic rings. The second-order valence-corrected chi connectivity index (χ2v) is 5.36. The molecule has 1 unspecified atom stereocenters. The first-order valence-electron chi connectivity index (χ1n) is 7.17. The molecule has 1 fully saturated rings. The molecule has 1 atom stereocenters. The molecule has 0 radical (unpaired) electrons. The van der Waals surface area contributed by atoms with Gasteiger partial charge in [0.05, 0.1) is 25.3 Å². The smallest absolute Gasteiger partial charge is 0.412 e. The Labute approximate surface area is 121 Å². The third-order valence-electron chi connectivity index (χ3n) is 3.35. The second-order valence-electron chi connectivity index (χ2n) is 5.36. The van der Waals surface area contributed by atoms with E-state index in [-0.39, 0.29) is 12.1 Å². The van der Waals surface area contributed by atoms with Gasteiger partial charge in [0, 0.05) is 6.08 Å². The first-order valence-corrected chi connectivity index (χ1v) is 7.17. The van der Waals surface area contributed by atoms with E-state index in [1.807, 2.05) is 26.0 Å². The lowest BCUT2D eigenvalue weighted by Gasteiger charge is -2.32. The van der Waals surface area contributed by atoms with Crippen LogP contribution in [0, 0.1) is 11.3 Å². The summed E-state index contributed by atoms with van der Waals surface area (Å²) in [5.74, 6) is 0. The molecule has 0 aliphatic carbocycles. The lowest BCUT2D eigenvalue weighted by molar-refractivity contribution is -0.0482. The zero-order valence-electron chi connectivity index (χ0n) is 12.6. The van der Waals surface area contributed by atoms with Gasteiger partial charge in [0.1, 0.15) is 5.72 Å². The van der Waals surface area contributed by atoms with Crippen LogP contribution >= 0.6 is 0 Å². The first-order chi connectivity index (χ1) is 9.53. The monoisotopic (exact) mass is 280 g/mol. The molecule has 0 spiro atoms. The maximum absolute atomic E-state index is 12.2. The van der Waals surface area contributed by atoms with Crippen LogP contribution in [-0.2, 0) is 9.47 Å². The molecule has 1 aliphatic rings. The first kappa shape index (κ1) is 16.5. The molecule has 0 aromatic carbocycles. The Morgan fingerprint density at radius 1 is 1.60 bits per heavy atom. The fraction of sp³-hybridized carbons (Fsp3) is 0.733. The molecule has 0 aromatic heterocycles. The quantitative estimate of drug-likeness (QED) is 0.553. The fourth-order valence-electron chi connectivity index (χ4n) is 2.26. The number of carbonyl (C=O) groups is 1. The minimum atomic E-state index is -0.632. The van der Waals surface area contributed by atoms with Crippen LogP contribution in [0.3, 0.4) is 0 Å². The van der Waals surface area contributed by atoms with E-state index in [9.17, 15) is 4.79 Å². The molecule has 0 N–H and O–H groups in total. The van der Waals surface area contributed by atoms with Gasteiger partial charge in [-0.3, -0.25) is 4.90 Å². The summed E-state index contributed by atoms with van der Waals surface area (Å²) in [6, 6.07) is 1.96. The van der Waals surface area contributed by atoms with Crippen molar-refractivity contribution in [2.24, 2.45) is 0 Å². The van der Waals surface area contributed by atoms with Gasteiger partial charge >= 0.3 is 6.09 Å². The van der Waals surface area contributed by atoms with Crippen molar-refractivity contribution in [1.82, 2.24) is 4.90 Å². The molecule has 5 nitrogen and oxygen atoms in total. The van der Waals surface area contributed by atoms with E-state index in [1.54, 1.807) is 4.90 Å². The number of allylic oxidation sites excluding steroid dienone is 2. The van der Waals surface area contributed by atoms with E-state index in [0.717, 1.165) is 25.7 Å². The molecule has 20 heavy (non-hydrogen) atoms. The number of nitriles is 1. The number of hydrogen-bond acceptors (Lipinski definition) is 4. The lowest BCUT2D eigenvalue weighted by Crippen LogP contribution is -2.48. The summed E-state index contributed by atoms with van der Waals surface area (Å²) < 4.78 is 11.0.